The molecule has 0 spiro atoms. The molecule has 7 heteroatoms. The number of nitrogens with zero attached hydrogens (tertiary/aromatic N) is 4. The molecule has 3 aliphatic rings. The van der Waals surface area contributed by atoms with E-state index in [1.165, 1.54) is 17.2 Å². The predicted molar refractivity (Wildman–Crippen MR) is 82.0 cm³/mol. The number of pyridine rings is 2. The molecule has 118 valence electrons. The van der Waals surface area contributed by atoms with Crippen molar-refractivity contribution < 1.29 is 14.3 Å². The highest BCUT2D eigenvalue weighted by molar-refractivity contribution is 5.91. The summed E-state index contributed by atoms with van der Waals surface area (Å²) in [6.45, 7) is 0.703. The maximum Gasteiger partial charge on any atom is 0.413 e. The summed E-state index contributed by atoms with van der Waals surface area (Å²) in [5.74, 6) is 0.0692. The summed E-state index contributed by atoms with van der Waals surface area (Å²) in [4.78, 5) is 23.4. The van der Waals surface area contributed by atoms with Crippen molar-refractivity contribution in [1.82, 2.24) is 9.97 Å². The fourth-order valence-electron chi connectivity index (χ4n) is 3.61. The number of halogens is 1. The highest BCUT2D eigenvalue weighted by Crippen LogP contribution is 2.45. The molecule has 0 saturated carbocycles. The maximum absolute atomic E-state index is 13.6. The highest BCUT2D eigenvalue weighted by atomic mass is 19.1. The molecule has 5 heterocycles. The average Bonchev–Trinajstić information content (AvgIpc) is 2.79. The molecular weight excluding hydrogens is 299 g/mol. The van der Waals surface area contributed by atoms with Crippen molar-refractivity contribution in [3.05, 3.63) is 48.2 Å². The Morgan fingerprint density at radius 3 is 3.04 bits per heavy atom. The van der Waals surface area contributed by atoms with Gasteiger partial charge in [-0.15, -0.1) is 0 Å². The Hall–Kier alpha value is -2.70. The van der Waals surface area contributed by atoms with Crippen LogP contribution in [-0.2, 0) is 0 Å². The second-order valence-corrected chi connectivity index (χ2v) is 5.82. The number of aromatic nitrogens is 2. The first-order chi connectivity index (χ1) is 11.1. The summed E-state index contributed by atoms with van der Waals surface area (Å²) in [7, 11) is 0. The molecule has 1 saturated heterocycles. The van der Waals surface area contributed by atoms with Crippen LogP contribution in [0.25, 0.3) is 0 Å². The summed E-state index contributed by atoms with van der Waals surface area (Å²) in [5, 5.41) is 9.63. The SMILES string of the molecule is O=C(O)N1c2ncccc2N2CCC1CC2c1cncc(F)c1. The maximum atomic E-state index is 13.6. The average molecular weight is 314 g/mol. The van der Waals surface area contributed by atoms with E-state index in [2.05, 4.69) is 14.9 Å². The molecule has 0 radical (unpaired) electrons. The number of fused-ring (bicyclic) bond motifs is 2. The lowest BCUT2D eigenvalue weighted by Crippen LogP contribution is -2.44. The molecule has 2 atom stereocenters. The zero-order valence-corrected chi connectivity index (χ0v) is 12.3. The van der Waals surface area contributed by atoms with Gasteiger partial charge in [0.2, 0.25) is 0 Å². The van der Waals surface area contributed by atoms with Crippen molar-refractivity contribution in [1.29, 1.82) is 0 Å². The Kier molecular flexibility index (Phi) is 3.14. The van der Waals surface area contributed by atoms with Gasteiger partial charge in [-0.25, -0.2) is 14.2 Å². The molecule has 0 aliphatic carbocycles. The van der Waals surface area contributed by atoms with Gasteiger partial charge in [-0.3, -0.25) is 9.88 Å². The molecule has 1 amide bonds. The monoisotopic (exact) mass is 314 g/mol. The van der Waals surface area contributed by atoms with Gasteiger partial charge >= 0.3 is 6.09 Å². The van der Waals surface area contributed by atoms with Crippen LogP contribution in [0.15, 0.2) is 36.8 Å². The normalized spacial score (nSPS) is 22.7. The third-order valence-electron chi connectivity index (χ3n) is 4.56. The van der Waals surface area contributed by atoms with Crippen LogP contribution in [0.1, 0.15) is 24.4 Å². The van der Waals surface area contributed by atoms with Gasteiger partial charge in [-0.05, 0) is 36.6 Å². The molecule has 6 nitrogen and oxygen atoms in total. The Morgan fingerprint density at radius 1 is 1.39 bits per heavy atom. The van der Waals surface area contributed by atoms with Crippen LogP contribution < -0.4 is 9.80 Å². The van der Waals surface area contributed by atoms with E-state index in [-0.39, 0.29) is 17.9 Å². The Bertz CT molecular complexity index is 769. The fraction of sp³-hybridized carbons (Fsp3) is 0.312. The van der Waals surface area contributed by atoms with Crippen molar-refractivity contribution in [3.8, 4) is 0 Å². The van der Waals surface area contributed by atoms with E-state index in [1.807, 2.05) is 6.07 Å². The second kappa shape index (κ2) is 5.19. The number of amides is 1. The molecule has 0 aromatic carbocycles. The van der Waals surface area contributed by atoms with Crippen LogP contribution in [0.4, 0.5) is 20.7 Å². The van der Waals surface area contributed by atoms with Gasteiger partial charge in [0.15, 0.2) is 5.82 Å². The highest BCUT2D eigenvalue weighted by Gasteiger charge is 2.42. The summed E-state index contributed by atoms with van der Waals surface area (Å²) in [5.41, 5.74) is 1.53. The third kappa shape index (κ3) is 2.19. The molecule has 5 rings (SSSR count). The van der Waals surface area contributed by atoms with E-state index in [9.17, 15) is 14.3 Å². The largest absolute Gasteiger partial charge is 0.465 e. The smallest absolute Gasteiger partial charge is 0.413 e. The van der Waals surface area contributed by atoms with Crippen molar-refractivity contribution in [2.24, 2.45) is 0 Å². The molecule has 23 heavy (non-hydrogen) atoms. The van der Waals surface area contributed by atoms with Crippen molar-refractivity contribution in [3.63, 3.8) is 0 Å². The topological polar surface area (TPSA) is 69.6 Å². The standard InChI is InChI=1S/C16H15FN4O2/c17-11-6-10(8-18-9-11)14-7-12-3-5-20(14)13-2-1-4-19-15(13)21(12)16(22)23/h1-2,4,6,8-9,12,14H,3,5,7H2,(H,22,23). The number of carboxylic acid groups (broad SMARTS) is 1. The van der Waals surface area contributed by atoms with E-state index in [1.54, 1.807) is 18.5 Å². The van der Waals surface area contributed by atoms with E-state index >= 15 is 0 Å². The van der Waals surface area contributed by atoms with E-state index in [4.69, 9.17) is 0 Å². The zero-order chi connectivity index (χ0) is 16.0. The van der Waals surface area contributed by atoms with Crippen LogP contribution >= 0.6 is 0 Å². The molecule has 1 fully saturated rings. The Labute approximate surface area is 132 Å². The summed E-state index contributed by atoms with van der Waals surface area (Å²) in [6.07, 6.45) is 4.73. The zero-order valence-electron chi connectivity index (χ0n) is 12.3. The minimum atomic E-state index is -1.00. The van der Waals surface area contributed by atoms with E-state index in [0.717, 1.165) is 17.7 Å². The fourth-order valence-corrected chi connectivity index (χ4v) is 3.61. The quantitative estimate of drug-likeness (QED) is 0.876. The van der Waals surface area contributed by atoms with Gasteiger partial charge in [-0.1, -0.05) is 0 Å². The van der Waals surface area contributed by atoms with Gasteiger partial charge in [-0.2, -0.15) is 0 Å². The van der Waals surface area contributed by atoms with Crippen LogP contribution in [0.5, 0.6) is 0 Å². The van der Waals surface area contributed by atoms with Crippen LogP contribution in [0.3, 0.4) is 0 Å². The number of hydrogen-bond acceptors (Lipinski definition) is 4. The van der Waals surface area contributed by atoms with Crippen LogP contribution in [-0.4, -0.2) is 33.8 Å². The first kappa shape index (κ1) is 13.9. The summed E-state index contributed by atoms with van der Waals surface area (Å²) >= 11 is 0. The lowest BCUT2D eigenvalue weighted by Gasteiger charge is -2.38. The van der Waals surface area contributed by atoms with Gasteiger partial charge in [0, 0.05) is 25.0 Å². The van der Waals surface area contributed by atoms with Gasteiger partial charge in [0.05, 0.1) is 17.9 Å². The lowest BCUT2D eigenvalue weighted by atomic mass is 9.93. The Balaban J connectivity index is 1.85. The van der Waals surface area contributed by atoms with Crippen molar-refractivity contribution >= 4 is 17.6 Å². The first-order valence-electron chi connectivity index (χ1n) is 7.49. The molecule has 2 unspecified atom stereocenters. The molecular formula is C16H15FN4O2. The minimum absolute atomic E-state index is 0.107. The van der Waals surface area contributed by atoms with Crippen LogP contribution in [0.2, 0.25) is 0 Å². The molecule has 3 aliphatic heterocycles. The Morgan fingerprint density at radius 2 is 2.26 bits per heavy atom. The number of carbonyl (C=O) groups is 1. The van der Waals surface area contributed by atoms with Crippen molar-refractivity contribution in [2.75, 3.05) is 16.3 Å². The van der Waals surface area contributed by atoms with E-state index in [0.29, 0.717) is 18.8 Å². The van der Waals surface area contributed by atoms with Gasteiger partial charge in [0.25, 0.3) is 0 Å². The molecule has 2 bridgehead atoms. The minimum Gasteiger partial charge on any atom is -0.465 e. The number of piperidine rings is 1. The molecule has 1 N–H and O–H groups in total. The van der Waals surface area contributed by atoms with Gasteiger partial charge in [0.1, 0.15) is 5.82 Å². The number of anilines is 2. The summed E-state index contributed by atoms with van der Waals surface area (Å²) in [6, 6.07) is 4.85. The predicted octanol–water partition coefficient (Wildman–Crippen LogP) is 2.82. The van der Waals surface area contributed by atoms with Crippen LogP contribution in [0, 0.1) is 5.82 Å². The van der Waals surface area contributed by atoms with E-state index < -0.39 is 6.09 Å². The number of hydrogen-bond donors (Lipinski definition) is 1. The van der Waals surface area contributed by atoms with Crippen molar-refractivity contribution in [2.45, 2.75) is 24.9 Å². The van der Waals surface area contributed by atoms with Gasteiger partial charge < -0.3 is 10.0 Å². The summed E-state index contributed by atoms with van der Waals surface area (Å²) < 4.78 is 13.6. The molecule has 2 aromatic rings. The number of rotatable bonds is 1. The lowest BCUT2D eigenvalue weighted by molar-refractivity contribution is 0.197. The third-order valence-corrected chi connectivity index (χ3v) is 4.56. The first-order valence-corrected chi connectivity index (χ1v) is 7.49. The second-order valence-electron chi connectivity index (χ2n) is 5.82. The molecule has 2 aromatic heterocycles.